The van der Waals surface area contributed by atoms with Crippen molar-refractivity contribution in [3.8, 4) is 5.75 Å². The fourth-order valence-electron chi connectivity index (χ4n) is 3.12. The molecule has 1 N–H and O–H groups in total. The molecule has 7 heteroatoms. The minimum absolute atomic E-state index is 0.723. The normalized spacial score (nSPS) is 11.6. The molecule has 0 fully saturated rings. The number of hydrogen-bond acceptors (Lipinski definition) is 4. The summed E-state index contributed by atoms with van der Waals surface area (Å²) in [4.78, 5) is 6.90. The maximum Gasteiger partial charge on any atom is 0.193 e. The van der Waals surface area contributed by atoms with Gasteiger partial charge in [0.1, 0.15) is 11.6 Å². The Kier molecular flexibility index (Phi) is 6.84. The molecule has 2 aromatic heterocycles. The molecule has 0 aliphatic carbocycles. The number of guanidine groups is 1. The largest absolute Gasteiger partial charge is 0.496 e. The Bertz CT molecular complexity index is 920. The van der Waals surface area contributed by atoms with E-state index in [2.05, 4.69) is 33.4 Å². The standard InChI is InChI=1S/C21H28N6O/c1-4-22-21(26(2)16-17-10-5-6-11-18(17)28-3)23-14-9-13-20-25-24-19-12-7-8-15-27(19)20/h5-8,10-12,15H,4,9,13-14,16H2,1-3H3,(H,22,23). The molecule has 0 atom stereocenters. The van der Waals surface area contributed by atoms with Crippen LogP contribution in [0.1, 0.15) is 24.7 Å². The number of fused-ring (bicyclic) bond motifs is 1. The first kappa shape index (κ1) is 19.7. The highest BCUT2D eigenvalue weighted by molar-refractivity contribution is 5.79. The summed E-state index contributed by atoms with van der Waals surface area (Å²) >= 11 is 0. The van der Waals surface area contributed by atoms with Crippen LogP contribution in [0.25, 0.3) is 5.65 Å². The summed E-state index contributed by atoms with van der Waals surface area (Å²) in [5.74, 6) is 2.75. The van der Waals surface area contributed by atoms with Crippen LogP contribution in [0.3, 0.4) is 0 Å². The zero-order valence-corrected chi connectivity index (χ0v) is 16.8. The van der Waals surface area contributed by atoms with E-state index >= 15 is 0 Å². The highest BCUT2D eigenvalue weighted by atomic mass is 16.5. The van der Waals surface area contributed by atoms with E-state index in [1.807, 2.05) is 54.0 Å². The molecule has 1 aromatic carbocycles. The van der Waals surface area contributed by atoms with Gasteiger partial charge in [0.2, 0.25) is 0 Å². The number of nitrogens with one attached hydrogen (secondary N) is 1. The van der Waals surface area contributed by atoms with Gasteiger partial charge in [0, 0.05) is 44.9 Å². The second-order valence-electron chi connectivity index (χ2n) is 6.55. The molecule has 28 heavy (non-hydrogen) atoms. The molecule has 0 saturated carbocycles. The predicted octanol–water partition coefficient (Wildman–Crippen LogP) is 2.77. The molecule has 0 bridgehead atoms. The third kappa shape index (κ3) is 4.79. The van der Waals surface area contributed by atoms with Crippen LogP contribution < -0.4 is 10.1 Å². The van der Waals surface area contributed by atoms with Gasteiger partial charge in [-0.2, -0.15) is 0 Å². The lowest BCUT2D eigenvalue weighted by atomic mass is 10.2. The second kappa shape index (κ2) is 9.73. The number of rotatable bonds is 8. The van der Waals surface area contributed by atoms with E-state index in [1.54, 1.807) is 7.11 Å². The van der Waals surface area contributed by atoms with Gasteiger partial charge >= 0.3 is 0 Å². The SMILES string of the molecule is CCNC(=NCCCc1nnc2ccccn12)N(C)Cc1ccccc1OC. The van der Waals surface area contributed by atoms with Gasteiger partial charge in [0.15, 0.2) is 11.6 Å². The first-order chi connectivity index (χ1) is 13.7. The lowest BCUT2D eigenvalue weighted by molar-refractivity contribution is 0.396. The summed E-state index contributed by atoms with van der Waals surface area (Å²) in [7, 11) is 3.74. The number of benzene rings is 1. The molecule has 0 unspecified atom stereocenters. The minimum Gasteiger partial charge on any atom is -0.496 e. The summed E-state index contributed by atoms with van der Waals surface area (Å²) in [6.07, 6.45) is 3.75. The maximum atomic E-state index is 5.46. The number of para-hydroxylation sites is 1. The zero-order valence-electron chi connectivity index (χ0n) is 16.8. The summed E-state index contributed by atoms with van der Waals surface area (Å²) in [5, 5.41) is 11.8. The van der Waals surface area contributed by atoms with Crippen molar-refractivity contribution in [1.29, 1.82) is 0 Å². The number of aliphatic imine (C=N–C) groups is 1. The van der Waals surface area contributed by atoms with E-state index in [-0.39, 0.29) is 0 Å². The van der Waals surface area contributed by atoms with E-state index < -0.39 is 0 Å². The van der Waals surface area contributed by atoms with Crippen LogP contribution in [0, 0.1) is 0 Å². The summed E-state index contributed by atoms with van der Waals surface area (Å²) in [6, 6.07) is 14.0. The Balaban J connectivity index is 1.60. The lowest BCUT2D eigenvalue weighted by Crippen LogP contribution is -2.38. The van der Waals surface area contributed by atoms with Gasteiger partial charge in [-0.15, -0.1) is 10.2 Å². The molecular formula is C21H28N6O. The van der Waals surface area contributed by atoms with Crippen LogP contribution in [0.4, 0.5) is 0 Å². The maximum absolute atomic E-state index is 5.46. The molecular weight excluding hydrogens is 352 g/mol. The van der Waals surface area contributed by atoms with Crippen LogP contribution >= 0.6 is 0 Å². The van der Waals surface area contributed by atoms with Crippen molar-refractivity contribution in [3.63, 3.8) is 0 Å². The quantitative estimate of drug-likeness (QED) is 0.370. The molecule has 7 nitrogen and oxygen atoms in total. The molecule has 0 spiro atoms. The minimum atomic E-state index is 0.723. The van der Waals surface area contributed by atoms with Crippen molar-refractivity contribution in [1.82, 2.24) is 24.8 Å². The van der Waals surface area contributed by atoms with E-state index in [4.69, 9.17) is 9.73 Å². The van der Waals surface area contributed by atoms with Crippen molar-refractivity contribution in [3.05, 3.63) is 60.0 Å². The Morgan fingerprint density at radius 1 is 1.18 bits per heavy atom. The van der Waals surface area contributed by atoms with Crippen molar-refractivity contribution >= 4 is 11.6 Å². The molecule has 0 aliphatic heterocycles. The van der Waals surface area contributed by atoms with Gasteiger partial charge in [-0.1, -0.05) is 24.3 Å². The number of aromatic nitrogens is 3. The molecule has 0 saturated heterocycles. The average Bonchev–Trinajstić information content (AvgIpc) is 3.14. The fraction of sp³-hybridized carbons (Fsp3) is 0.381. The van der Waals surface area contributed by atoms with Gasteiger partial charge in [-0.3, -0.25) is 9.39 Å². The zero-order chi connectivity index (χ0) is 19.8. The third-order valence-corrected chi connectivity index (χ3v) is 4.50. The van der Waals surface area contributed by atoms with Crippen molar-refractivity contribution in [2.45, 2.75) is 26.3 Å². The van der Waals surface area contributed by atoms with Gasteiger partial charge < -0.3 is 15.0 Å². The smallest absolute Gasteiger partial charge is 0.193 e. The van der Waals surface area contributed by atoms with Gasteiger partial charge in [-0.05, 0) is 31.5 Å². The Labute approximate surface area is 166 Å². The predicted molar refractivity (Wildman–Crippen MR) is 112 cm³/mol. The summed E-state index contributed by atoms with van der Waals surface area (Å²) < 4.78 is 7.49. The molecule has 148 valence electrons. The Morgan fingerprint density at radius 3 is 2.82 bits per heavy atom. The number of pyridine rings is 1. The summed E-state index contributed by atoms with van der Waals surface area (Å²) in [5.41, 5.74) is 2.01. The second-order valence-corrected chi connectivity index (χ2v) is 6.55. The highest BCUT2D eigenvalue weighted by Crippen LogP contribution is 2.18. The molecule has 2 heterocycles. The van der Waals surface area contributed by atoms with Crippen LogP contribution in [0.2, 0.25) is 0 Å². The van der Waals surface area contributed by atoms with Crippen LogP contribution in [-0.4, -0.2) is 52.7 Å². The van der Waals surface area contributed by atoms with Crippen molar-refractivity contribution in [2.75, 3.05) is 27.2 Å². The van der Waals surface area contributed by atoms with E-state index in [9.17, 15) is 0 Å². The van der Waals surface area contributed by atoms with Gasteiger partial charge in [0.25, 0.3) is 0 Å². The van der Waals surface area contributed by atoms with Crippen molar-refractivity contribution < 1.29 is 4.74 Å². The first-order valence-electron chi connectivity index (χ1n) is 9.63. The average molecular weight is 380 g/mol. The first-order valence-corrected chi connectivity index (χ1v) is 9.63. The Hall–Kier alpha value is -3.09. The molecule has 0 aliphatic rings. The monoisotopic (exact) mass is 380 g/mol. The van der Waals surface area contributed by atoms with E-state index in [0.29, 0.717) is 0 Å². The lowest BCUT2D eigenvalue weighted by Gasteiger charge is -2.23. The van der Waals surface area contributed by atoms with E-state index in [0.717, 1.165) is 61.2 Å². The molecule has 0 amide bonds. The number of hydrogen-bond donors (Lipinski definition) is 1. The summed E-state index contributed by atoms with van der Waals surface area (Å²) in [6.45, 7) is 4.35. The van der Waals surface area contributed by atoms with Crippen molar-refractivity contribution in [2.24, 2.45) is 4.99 Å². The molecule has 3 aromatic rings. The number of methoxy groups -OCH3 is 1. The number of nitrogens with zero attached hydrogens (tertiary/aromatic N) is 5. The van der Waals surface area contributed by atoms with Crippen LogP contribution in [-0.2, 0) is 13.0 Å². The van der Waals surface area contributed by atoms with E-state index in [1.165, 1.54) is 0 Å². The highest BCUT2D eigenvalue weighted by Gasteiger charge is 2.10. The van der Waals surface area contributed by atoms with Crippen LogP contribution in [0.15, 0.2) is 53.7 Å². The fourth-order valence-corrected chi connectivity index (χ4v) is 3.12. The topological polar surface area (TPSA) is 67.0 Å². The third-order valence-electron chi connectivity index (χ3n) is 4.50. The molecule has 3 rings (SSSR count). The van der Waals surface area contributed by atoms with Gasteiger partial charge in [-0.25, -0.2) is 0 Å². The molecule has 0 radical (unpaired) electrons. The number of ether oxygens (including phenoxy) is 1. The van der Waals surface area contributed by atoms with Crippen LogP contribution in [0.5, 0.6) is 5.75 Å². The van der Waals surface area contributed by atoms with Gasteiger partial charge in [0.05, 0.1) is 7.11 Å². The Morgan fingerprint density at radius 2 is 2.00 bits per heavy atom. The number of aryl methyl sites for hydroxylation is 1.